The SMILES string of the molecule is CCN(CC(=O)NC)C(=O)CCCCN. The van der Waals surface area contributed by atoms with Crippen molar-refractivity contribution in [1.82, 2.24) is 10.2 Å². The molecule has 0 heterocycles. The Hall–Kier alpha value is -1.10. The van der Waals surface area contributed by atoms with Crippen molar-refractivity contribution in [3.05, 3.63) is 0 Å². The highest BCUT2D eigenvalue weighted by Crippen LogP contribution is 2.00. The zero-order valence-electron chi connectivity index (χ0n) is 9.58. The third-order valence-corrected chi connectivity index (χ3v) is 2.19. The maximum Gasteiger partial charge on any atom is 0.239 e. The number of nitrogens with zero attached hydrogens (tertiary/aromatic N) is 1. The lowest BCUT2D eigenvalue weighted by molar-refractivity contribution is -0.135. The Balaban J connectivity index is 3.93. The second kappa shape index (κ2) is 8.23. The van der Waals surface area contributed by atoms with Crippen molar-refractivity contribution in [3.8, 4) is 0 Å². The Morgan fingerprint density at radius 2 is 2.00 bits per heavy atom. The van der Waals surface area contributed by atoms with Crippen LogP contribution in [0.25, 0.3) is 0 Å². The molecule has 0 bridgehead atoms. The van der Waals surface area contributed by atoms with E-state index in [1.807, 2.05) is 6.92 Å². The van der Waals surface area contributed by atoms with Gasteiger partial charge in [0.15, 0.2) is 0 Å². The van der Waals surface area contributed by atoms with Crippen LogP contribution in [-0.4, -0.2) is 43.4 Å². The number of carbonyl (C=O) groups excluding carboxylic acids is 2. The monoisotopic (exact) mass is 215 g/mol. The third-order valence-electron chi connectivity index (χ3n) is 2.19. The zero-order valence-corrected chi connectivity index (χ0v) is 9.58. The molecule has 0 spiro atoms. The van der Waals surface area contributed by atoms with Gasteiger partial charge in [0.25, 0.3) is 0 Å². The van der Waals surface area contributed by atoms with Gasteiger partial charge in [-0.2, -0.15) is 0 Å². The van der Waals surface area contributed by atoms with Gasteiger partial charge in [-0.05, 0) is 26.3 Å². The fourth-order valence-electron chi connectivity index (χ4n) is 1.21. The van der Waals surface area contributed by atoms with Crippen molar-refractivity contribution < 1.29 is 9.59 Å². The summed E-state index contributed by atoms with van der Waals surface area (Å²) in [5.41, 5.74) is 5.34. The number of likely N-dealkylation sites (N-methyl/N-ethyl adjacent to an activating group) is 2. The van der Waals surface area contributed by atoms with Gasteiger partial charge in [0.1, 0.15) is 0 Å². The van der Waals surface area contributed by atoms with Crippen LogP contribution >= 0.6 is 0 Å². The molecule has 0 aliphatic rings. The summed E-state index contributed by atoms with van der Waals surface area (Å²) in [5.74, 6) is -0.112. The van der Waals surface area contributed by atoms with Gasteiger partial charge in [0.05, 0.1) is 6.54 Å². The first-order valence-electron chi connectivity index (χ1n) is 5.34. The lowest BCUT2D eigenvalue weighted by Gasteiger charge is -2.19. The number of rotatable bonds is 7. The molecule has 2 amide bonds. The largest absolute Gasteiger partial charge is 0.358 e. The molecule has 0 unspecified atom stereocenters. The Morgan fingerprint density at radius 3 is 2.47 bits per heavy atom. The van der Waals surface area contributed by atoms with Crippen molar-refractivity contribution in [3.63, 3.8) is 0 Å². The third kappa shape index (κ3) is 6.06. The quantitative estimate of drug-likeness (QED) is 0.573. The number of nitrogens with one attached hydrogen (secondary N) is 1. The minimum atomic E-state index is -0.135. The molecule has 0 aromatic rings. The molecule has 15 heavy (non-hydrogen) atoms. The molecular formula is C10H21N3O2. The molecule has 0 fully saturated rings. The first-order chi connectivity index (χ1) is 7.15. The molecular weight excluding hydrogens is 194 g/mol. The Bertz CT molecular complexity index is 207. The molecule has 3 N–H and O–H groups in total. The van der Waals surface area contributed by atoms with Gasteiger partial charge >= 0.3 is 0 Å². The Morgan fingerprint density at radius 1 is 1.33 bits per heavy atom. The predicted octanol–water partition coefficient (Wildman–Crippen LogP) is -0.290. The second-order valence-electron chi connectivity index (χ2n) is 3.33. The average Bonchev–Trinajstić information content (AvgIpc) is 2.25. The molecule has 0 atom stereocenters. The standard InChI is InChI=1S/C10H21N3O2/c1-3-13(8-9(14)12-2)10(15)6-4-5-7-11/h3-8,11H2,1-2H3,(H,12,14). The van der Waals surface area contributed by atoms with E-state index in [2.05, 4.69) is 5.32 Å². The molecule has 0 saturated carbocycles. The smallest absolute Gasteiger partial charge is 0.239 e. The summed E-state index contributed by atoms with van der Waals surface area (Å²) in [6.45, 7) is 3.18. The van der Waals surface area contributed by atoms with E-state index in [9.17, 15) is 9.59 Å². The average molecular weight is 215 g/mol. The van der Waals surface area contributed by atoms with Gasteiger partial charge < -0.3 is 16.0 Å². The zero-order chi connectivity index (χ0) is 11.7. The van der Waals surface area contributed by atoms with E-state index in [1.165, 1.54) is 0 Å². The van der Waals surface area contributed by atoms with Crippen LogP contribution in [0, 0.1) is 0 Å². The van der Waals surface area contributed by atoms with Crippen molar-refractivity contribution in [2.45, 2.75) is 26.2 Å². The first kappa shape index (κ1) is 13.9. The summed E-state index contributed by atoms with van der Waals surface area (Å²) in [4.78, 5) is 24.2. The Kier molecular flexibility index (Phi) is 7.62. The van der Waals surface area contributed by atoms with Crippen molar-refractivity contribution >= 4 is 11.8 Å². The summed E-state index contributed by atoms with van der Waals surface area (Å²) in [6.07, 6.45) is 2.12. The number of carbonyl (C=O) groups is 2. The van der Waals surface area contributed by atoms with Crippen LogP contribution in [0.15, 0.2) is 0 Å². The van der Waals surface area contributed by atoms with Crippen molar-refractivity contribution in [2.75, 3.05) is 26.7 Å². The minimum absolute atomic E-state index is 0.0227. The van der Waals surface area contributed by atoms with E-state index >= 15 is 0 Å². The molecule has 0 aromatic heterocycles. The fourth-order valence-corrected chi connectivity index (χ4v) is 1.21. The van der Waals surface area contributed by atoms with Crippen LogP contribution in [-0.2, 0) is 9.59 Å². The van der Waals surface area contributed by atoms with Crippen LogP contribution < -0.4 is 11.1 Å². The van der Waals surface area contributed by atoms with Crippen LogP contribution in [0.3, 0.4) is 0 Å². The summed E-state index contributed by atoms with van der Waals surface area (Å²) in [7, 11) is 1.56. The van der Waals surface area contributed by atoms with E-state index in [4.69, 9.17) is 5.73 Å². The normalized spacial score (nSPS) is 9.80. The van der Waals surface area contributed by atoms with Gasteiger partial charge in [-0.1, -0.05) is 0 Å². The van der Waals surface area contributed by atoms with Crippen LogP contribution in [0.4, 0.5) is 0 Å². The van der Waals surface area contributed by atoms with Gasteiger partial charge in [-0.25, -0.2) is 0 Å². The summed E-state index contributed by atoms with van der Waals surface area (Å²) < 4.78 is 0. The molecule has 0 rings (SSSR count). The number of hydrogen-bond acceptors (Lipinski definition) is 3. The lowest BCUT2D eigenvalue weighted by Crippen LogP contribution is -2.39. The Labute approximate surface area is 91.0 Å². The molecule has 5 heteroatoms. The molecule has 0 radical (unpaired) electrons. The van der Waals surface area contributed by atoms with Gasteiger partial charge in [-0.15, -0.1) is 0 Å². The maximum atomic E-state index is 11.6. The number of unbranched alkanes of at least 4 members (excludes halogenated alkanes) is 1. The number of hydrogen-bond donors (Lipinski definition) is 2. The van der Waals surface area contributed by atoms with Crippen LogP contribution in [0.5, 0.6) is 0 Å². The van der Waals surface area contributed by atoms with Gasteiger partial charge in [-0.3, -0.25) is 9.59 Å². The molecule has 5 nitrogen and oxygen atoms in total. The van der Waals surface area contributed by atoms with E-state index in [-0.39, 0.29) is 18.4 Å². The second-order valence-corrected chi connectivity index (χ2v) is 3.33. The molecule has 88 valence electrons. The number of amides is 2. The maximum absolute atomic E-state index is 11.6. The summed E-state index contributed by atoms with van der Waals surface area (Å²) in [5, 5.41) is 2.50. The minimum Gasteiger partial charge on any atom is -0.358 e. The van der Waals surface area contributed by atoms with E-state index in [1.54, 1.807) is 11.9 Å². The topological polar surface area (TPSA) is 75.4 Å². The first-order valence-corrected chi connectivity index (χ1v) is 5.34. The highest BCUT2D eigenvalue weighted by Gasteiger charge is 2.13. The van der Waals surface area contributed by atoms with E-state index in [0.717, 1.165) is 12.8 Å². The summed E-state index contributed by atoms with van der Waals surface area (Å²) >= 11 is 0. The van der Waals surface area contributed by atoms with E-state index < -0.39 is 0 Å². The van der Waals surface area contributed by atoms with Crippen molar-refractivity contribution in [1.29, 1.82) is 0 Å². The lowest BCUT2D eigenvalue weighted by atomic mass is 10.2. The predicted molar refractivity (Wildman–Crippen MR) is 59.2 cm³/mol. The highest BCUT2D eigenvalue weighted by molar-refractivity contribution is 5.84. The van der Waals surface area contributed by atoms with Crippen molar-refractivity contribution in [2.24, 2.45) is 5.73 Å². The van der Waals surface area contributed by atoms with Crippen LogP contribution in [0.1, 0.15) is 26.2 Å². The molecule has 0 saturated heterocycles. The molecule has 0 aromatic carbocycles. The molecule has 0 aliphatic heterocycles. The molecule has 0 aliphatic carbocycles. The highest BCUT2D eigenvalue weighted by atomic mass is 16.2. The van der Waals surface area contributed by atoms with E-state index in [0.29, 0.717) is 19.5 Å². The number of nitrogens with two attached hydrogens (primary N) is 1. The summed E-state index contributed by atoms with van der Waals surface area (Å²) in [6, 6.07) is 0. The van der Waals surface area contributed by atoms with Gasteiger partial charge in [0, 0.05) is 20.0 Å². The fraction of sp³-hybridized carbons (Fsp3) is 0.800. The van der Waals surface area contributed by atoms with Crippen LogP contribution in [0.2, 0.25) is 0 Å². The van der Waals surface area contributed by atoms with Gasteiger partial charge in [0.2, 0.25) is 11.8 Å².